The van der Waals surface area contributed by atoms with Crippen LogP contribution in [0.15, 0.2) is 22.7 Å². The molecule has 94 valence electrons. The lowest BCUT2D eigenvalue weighted by molar-refractivity contribution is 0.170. The second-order valence-corrected chi connectivity index (χ2v) is 5.89. The summed E-state index contributed by atoms with van der Waals surface area (Å²) in [6.07, 6.45) is 0. The normalized spacial score (nSPS) is 26.2. The van der Waals surface area contributed by atoms with Crippen LogP contribution in [0.5, 0.6) is 0 Å². The summed E-state index contributed by atoms with van der Waals surface area (Å²) in [7, 11) is 2.19. The molecule has 2 atom stereocenters. The zero-order valence-corrected chi connectivity index (χ0v) is 12.2. The number of benzene rings is 1. The maximum Gasteiger partial charge on any atom is 0.0612 e. The molecule has 0 bridgehead atoms. The number of hydrogen-bond acceptors (Lipinski definition) is 3. The molecule has 0 radical (unpaired) electrons. The zero-order valence-electron chi connectivity index (χ0n) is 10.7. The summed E-state index contributed by atoms with van der Waals surface area (Å²) in [5, 5.41) is 0. The average molecular weight is 298 g/mol. The van der Waals surface area contributed by atoms with Gasteiger partial charge in [0.15, 0.2) is 0 Å². The van der Waals surface area contributed by atoms with E-state index in [1.165, 1.54) is 0 Å². The summed E-state index contributed by atoms with van der Waals surface area (Å²) < 4.78 is 1.08. The predicted octanol–water partition coefficient (Wildman–Crippen LogP) is 2.56. The van der Waals surface area contributed by atoms with Gasteiger partial charge in [0.25, 0.3) is 0 Å². The number of nitrogen functional groups attached to an aromatic ring is 1. The van der Waals surface area contributed by atoms with Gasteiger partial charge in [-0.3, -0.25) is 4.90 Å². The van der Waals surface area contributed by atoms with Crippen molar-refractivity contribution < 1.29 is 0 Å². The highest BCUT2D eigenvalue weighted by atomic mass is 79.9. The highest BCUT2D eigenvalue weighted by molar-refractivity contribution is 9.10. The minimum atomic E-state index is 0.553. The quantitative estimate of drug-likeness (QED) is 0.809. The minimum Gasteiger partial charge on any atom is -0.397 e. The molecule has 0 amide bonds. The Morgan fingerprint density at radius 3 is 2.41 bits per heavy atom. The van der Waals surface area contributed by atoms with E-state index in [0.717, 1.165) is 28.9 Å². The van der Waals surface area contributed by atoms with Gasteiger partial charge in [-0.1, -0.05) is 15.9 Å². The fraction of sp³-hybridized carbons (Fsp3) is 0.538. The number of hydrogen-bond donors (Lipinski definition) is 1. The molecule has 1 aliphatic heterocycles. The van der Waals surface area contributed by atoms with Crippen LogP contribution in [-0.4, -0.2) is 37.1 Å². The Bertz CT molecular complexity index is 396. The monoisotopic (exact) mass is 297 g/mol. The number of likely N-dealkylation sites (N-methyl/N-ethyl adjacent to an activating group) is 1. The Labute approximate surface area is 112 Å². The largest absolute Gasteiger partial charge is 0.397 e. The van der Waals surface area contributed by atoms with Crippen molar-refractivity contribution in [3.05, 3.63) is 22.7 Å². The van der Waals surface area contributed by atoms with Crippen LogP contribution in [0.3, 0.4) is 0 Å². The molecule has 1 aliphatic rings. The minimum absolute atomic E-state index is 0.553. The predicted molar refractivity (Wildman–Crippen MR) is 77.5 cm³/mol. The highest BCUT2D eigenvalue weighted by Gasteiger charge is 2.27. The molecule has 1 fully saturated rings. The highest BCUT2D eigenvalue weighted by Crippen LogP contribution is 2.29. The molecule has 2 unspecified atom stereocenters. The Balaban J connectivity index is 2.25. The van der Waals surface area contributed by atoms with Crippen LogP contribution < -0.4 is 10.6 Å². The first-order valence-corrected chi connectivity index (χ1v) is 6.80. The number of nitrogens with two attached hydrogens (primary N) is 1. The standard InChI is InChI=1S/C13H20BrN3/c1-9-7-17(8-10(2)16(9)3)13-6-11(14)4-5-12(13)15/h4-6,9-10H,7-8,15H2,1-3H3. The molecule has 2 rings (SSSR count). The second kappa shape index (κ2) is 4.86. The second-order valence-electron chi connectivity index (χ2n) is 4.97. The van der Waals surface area contributed by atoms with Crippen molar-refractivity contribution in [2.75, 3.05) is 30.8 Å². The Morgan fingerprint density at radius 2 is 1.82 bits per heavy atom. The van der Waals surface area contributed by atoms with Crippen molar-refractivity contribution in [2.45, 2.75) is 25.9 Å². The molecule has 0 spiro atoms. The van der Waals surface area contributed by atoms with Crippen LogP contribution in [0.25, 0.3) is 0 Å². The van der Waals surface area contributed by atoms with E-state index in [4.69, 9.17) is 5.73 Å². The average Bonchev–Trinajstić information content (AvgIpc) is 2.28. The van der Waals surface area contributed by atoms with Gasteiger partial charge < -0.3 is 10.6 Å². The number of nitrogens with zero attached hydrogens (tertiary/aromatic N) is 2. The van der Waals surface area contributed by atoms with E-state index in [1.54, 1.807) is 0 Å². The Kier molecular flexibility index (Phi) is 3.64. The molecule has 1 aromatic rings. The van der Waals surface area contributed by atoms with E-state index < -0.39 is 0 Å². The van der Waals surface area contributed by atoms with Crippen molar-refractivity contribution in [1.29, 1.82) is 0 Å². The fourth-order valence-corrected chi connectivity index (χ4v) is 2.74. The van der Waals surface area contributed by atoms with E-state index in [-0.39, 0.29) is 0 Å². The molecule has 2 N–H and O–H groups in total. The maximum atomic E-state index is 6.07. The fourth-order valence-electron chi connectivity index (χ4n) is 2.39. The molecule has 0 saturated carbocycles. The van der Waals surface area contributed by atoms with Gasteiger partial charge in [-0.05, 0) is 39.1 Å². The van der Waals surface area contributed by atoms with Gasteiger partial charge in [0.1, 0.15) is 0 Å². The lowest BCUT2D eigenvalue weighted by Crippen LogP contribution is -2.55. The maximum absolute atomic E-state index is 6.07. The molecule has 1 saturated heterocycles. The first-order valence-electron chi connectivity index (χ1n) is 6.01. The van der Waals surface area contributed by atoms with Crippen LogP contribution in [0.1, 0.15) is 13.8 Å². The third-order valence-corrected chi connectivity index (χ3v) is 4.19. The molecule has 4 heteroatoms. The van der Waals surface area contributed by atoms with E-state index in [9.17, 15) is 0 Å². The molecule has 17 heavy (non-hydrogen) atoms. The molecule has 3 nitrogen and oxygen atoms in total. The lowest BCUT2D eigenvalue weighted by Gasteiger charge is -2.43. The van der Waals surface area contributed by atoms with Crippen molar-refractivity contribution in [1.82, 2.24) is 4.90 Å². The van der Waals surface area contributed by atoms with Gasteiger partial charge in [0.05, 0.1) is 11.4 Å². The first kappa shape index (κ1) is 12.7. The molecule has 1 heterocycles. The molecule has 1 aromatic carbocycles. The summed E-state index contributed by atoms with van der Waals surface area (Å²) in [5.74, 6) is 0. The summed E-state index contributed by atoms with van der Waals surface area (Å²) in [5.41, 5.74) is 8.07. The van der Waals surface area contributed by atoms with E-state index in [2.05, 4.69) is 52.7 Å². The third kappa shape index (κ3) is 2.58. The van der Waals surface area contributed by atoms with Crippen LogP contribution in [0.4, 0.5) is 11.4 Å². The summed E-state index contributed by atoms with van der Waals surface area (Å²) >= 11 is 3.51. The third-order valence-electron chi connectivity index (χ3n) is 3.69. The number of piperazine rings is 1. The number of halogens is 1. The van der Waals surface area contributed by atoms with Crippen LogP contribution in [0.2, 0.25) is 0 Å². The Morgan fingerprint density at radius 1 is 1.24 bits per heavy atom. The number of rotatable bonds is 1. The SMILES string of the molecule is CC1CN(c2cc(Br)ccc2N)CC(C)N1C. The molecule has 0 aliphatic carbocycles. The summed E-state index contributed by atoms with van der Waals surface area (Å²) in [4.78, 5) is 4.81. The van der Waals surface area contributed by atoms with Gasteiger partial charge in [-0.15, -0.1) is 0 Å². The summed E-state index contributed by atoms with van der Waals surface area (Å²) in [6.45, 7) is 6.58. The van der Waals surface area contributed by atoms with E-state index >= 15 is 0 Å². The van der Waals surface area contributed by atoms with Crippen LogP contribution in [-0.2, 0) is 0 Å². The van der Waals surface area contributed by atoms with Gasteiger partial charge >= 0.3 is 0 Å². The summed E-state index contributed by atoms with van der Waals surface area (Å²) in [6, 6.07) is 7.17. The van der Waals surface area contributed by atoms with Gasteiger partial charge in [-0.2, -0.15) is 0 Å². The lowest BCUT2D eigenvalue weighted by atomic mass is 10.1. The molecular formula is C13H20BrN3. The van der Waals surface area contributed by atoms with Crippen molar-refractivity contribution in [3.8, 4) is 0 Å². The molecular weight excluding hydrogens is 278 g/mol. The van der Waals surface area contributed by atoms with Gasteiger partial charge in [0, 0.05) is 29.6 Å². The van der Waals surface area contributed by atoms with Gasteiger partial charge in [-0.25, -0.2) is 0 Å². The van der Waals surface area contributed by atoms with Crippen molar-refractivity contribution in [3.63, 3.8) is 0 Å². The zero-order chi connectivity index (χ0) is 12.6. The van der Waals surface area contributed by atoms with E-state index in [1.807, 2.05) is 12.1 Å². The van der Waals surface area contributed by atoms with Crippen LogP contribution >= 0.6 is 15.9 Å². The topological polar surface area (TPSA) is 32.5 Å². The number of anilines is 2. The Hall–Kier alpha value is -0.740. The van der Waals surface area contributed by atoms with Crippen LogP contribution in [0, 0.1) is 0 Å². The van der Waals surface area contributed by atoms with E-state index in [0.29, 0.717) is 12.1 Å². The van der Waals surface area contributed by atoms with Gasteiger partial charge in [0.2, 0.25) is 0 Å². The van der Waals surface area contributed by atoms with Crippen molar-refractivity contribution >= 4 is 27.3 Å². The smallest absolute Gasteiger partial charge is 0.0612 e. The van der Waals surface area contributed by atoms with Crippen molar-refractivity contribution in [2.24, 2.45) is 0 Å². The molecule has 0 aromatic heterocycles. The first-order chi connectivity index (χ1) is 7.99.